The summed E-state index contributed by atoms with van der Waals surface area (Å²) < 4.78 is 59.7. The van der Waals surface area contributed by atoms with Gasteiger partial charge in [0, 0.05) is 37.8 Å². The number of pyridine rings is 1. The summed E-state index contributed by atoms with van der Waals surface area (Å²) in [4.78, 5) is 18.3. The van der Waals surface area contributed by atoms with Crippen molar-refractivity contribution >= 4 is 43.2 Å². The Morgan fingerprint density at radius 1 is 1.09 bits per heavy atom. The average Bonchev–Trinajstić information content (AvgIpc) is 3.67. The largest absolute Gasteiger partial charge is 0.390 e. The summed E-state index contributed by atoms with van der Waals surface area (Å²) in [6.07, 6.45) is 1.20. The number of methoxy groups -OCH3 is 1. The summed E-state index contributed by atoms with van der Waals surface area (Å²) in [5.74, 6) is -2.52. The Morgan fingerprint density at radius 3 is 2.55 bits per heavy atom. The zero-order valence-electron chi connectivity index (χ0n) is 24.0. The van der Waals surface area contributed by atoms with E-state index in [0.717, 1.165) is 40.9 Å². The Bertz CT molecular complexity index is 1780. The van der Waals surface area contributed by atoms with Crippen molar-refractivity contribution in [2.24, 2.45) is 5.92 Å². The van der Waals surface area contributed by atoms with Crippen molar-refractivity contribution in [1.29, 1.82) is 0 Å². The number of aryl methyl sites for hydroxylation is 1. The van der Waals surface area contributed by atoms with Crippen molar-refractivity contribution in [3.63, 3.8) is 0 Å². The highest BCUT2D eigenvalue weighted by atomic mass is 32.2. The minimum atomic E-state index is -4.18. The molecule has 3 aromatic heterocycles. The summed E-state index contributed by atoms with van der Waals surface area (Å²) >= 11 is 1.47. The molecule has 2 fully saturated rings. The number of anilines is 2. The van der Waals surface area contributed by atoms with Crippen LogP contribution in [0.25, 0.3) is 20.8 Å². The average molecular weight is 647 g/mol. The lowest BCUT2D eigenvalue weighted by Gasteiger charge is -2.21. The number of hydrogen-bond donors (Lipinski definition) is 4. The van der Waals surface area contributed by atoms with Crippen LogP contribution < -0.4 is 10.6 Å². The van der Waals surface area contributed by atoms with Gasteiger partial charge in [-0.1, -0.05) is 0 Å². The summed E-state index contributed by atoms with van der Waals surface area (Å²) in [5.41, 5.74) is 3.02. The molecule has 2 saturated carbocycles. The Balaban J connectivity index is 1.31. The molecular weight excluding hydrogens is 614 g/mol. The van der Waals surface area contributed by atoms with Crippen molar-refractivity contribution in [3.8, 4) is 10.6 Å². The lowest BCUT2D eigenvalue weighted by Crippen LogP contribution is -2.36. The zero-order valence-corrected chi connectivity index (χ0v) is 25.6. The van der Waals surface area contributed by atoms with Crippen LogP contribution in [0, 0.1) is 24.5 Å². The quantitative estimate of drug-likeness (QED) is 0.176. The van der Waals surface area contributed by atoms with Gasteiger partial charge in [0.15, 0.2) is 9.84 Å². The van der Waals surface area contributed by atoms with E-state index in [0.29, 0.717) is 53.2 Å². The molecule has 0 aliphatic heterocycles. The van der Waals surface area contributed by atoms with Crippen LogP contribution in [0.4, 0.5) is 20.5 Å². The minimum Gasteiger partial charge on any atom is -0.390 e. The second-order valence-electron chi connectivity index (χ2n) is 11.2. The second kappa shape index (κ2) is 12.2. The Labute approximate surface area is 256 Å². The summed E-state index contributed by atoms with van der Waals surface area (Å²) in [6, 6.07) is 3.18. The highest BCUT2D eigenvalue weighted by Crippen LogP contribution is 2.44. The number of nitrogens with zero attached hydrogens (tertiary/aromatic N) is 4. The lowest BCUT2D eigenvalue weighted by atomic mass is 10.1. The highest BCUT2D eigenvalue weighted by molar-refractivity contribution is 7.91. The monoisotopic (exact) mass is 646 g/mol. The van der Waals surface area contributed by atoms with Crippen LogP contribution in [-0.2, 0) is 14.6 Å². The van der Waals surface area contributed by atoms with Gasteiger partial charge in [0.25, 0.3) is 0 Å². The molecule has 0 spiro atoms. The van der Waals surface area contributed by atoms with Crippen LogP contribution in [0.2, 0.25) is 0 Å². The molecule has 0 unspecified atom stereocenters. The van der Waals surface area contributed by atoms with Crippen molar-refractivity contribution < 1.29 is 32.1 Å². The third kappa shape index (κ3) is 6.24. The molecule has 44 heavy (non-hydrogen) atoms. The normalized spacial score (nSPS) is 22.0. The number of nitrogens with one attached hydrogen (secondary N) is 2. The first-order chi connectivity index (χ1) is 21.0. The summed E-state index contributed by atoms with van der Waals surface area (Å²) in [5, 5.41) is 28.9. The summed E-state index contributed by atoms with van der Waals surface area (Å²) in [6.45, 7) is 2.68. The van der Waals surface area contributed by atoms with Gasteiger partial charge in [-0.2, -0.15) is 4.98 Å². The second-order valence-corrected chi connectivity index (χ2v) is 14.3. The molecule has 0 saturated heterocycles. The Morgan fingerprint density at radius 2 is 1.84 bits per heavy atom. The zero-order chi connectivity index (χ0) is 31.2. The topological polar surface area (TPSA) is 159 Å². The first kappa shape index (κ1) is 30.6. The van der Waals surface area contributed by atoms with Gasteiger partial charge in [0.2, 0.25) is 5.95 Å². The number of benzene rings is 1. The lowest BCUT2D eigenvalue weighted by molar-refractivity contribution is 0.0216. The molecule has 4 aromatic rings. The molecule has 3 heterocycles. The Kier molecular flexibility index (Phi) is 8.50. The maximum atomic E-state index is 13.8. The molecule has 6 rings (SSSR count). The van der Waals surface area contributed by atoms with Crippen molar-refractivity contribution in [2.75, 3.05) is 36.6 Å². The van der Waals surface area contributed by atoms with Crippen LogP contribution in [0.5, 0.6) is 0 Å². The third-order valence-corrected chi connectivity index (χ3v) is 10.8. The molecule has 0 radical (unpaired) electrons. The van der Waals surface area contributed by atoms with Gasteiger partial charge in [-0.3, -0.25) is 4.98 Å². The number of hydrogen-bond acceptors (Lipinski definition) is 12. The van der Waals surface area contributed by atoms with Gasteiger partial charge in [0.05, 0.1) is 51.1 Å². The van der Waals surface area contributed by atoms with Gasteiger partial charge in [-0.15, -0.1) is 11.3 Å². The Hall–Kier alpha value is -3.37. The summed E-state index contributed by atoms with van der Waals surface area (Å²) in [7, 11) is -2.60. The predicted molar refractivity (Wildman–Crippen MR) is 161 cm³/mol. The van der Waals surface area contributed by atoms with E-state index < -0.39 is 56.3 Å². The van der Waals surface area contributed by atoms with Crippen LogP contribution >= 0.6 is 11.3 Å². The van der Waals surface area contributed by atoms with Gasteiger partial charge in [0.1, 0.15) is 34.1 Å². The number of ether oxygens (including phenoxy) is 1. The van der Waals surface area contributed by atoms with E-state index >= 15 is 0 Å². The van der Waals surface area contributed by atoms with E-state index in [2.05, 4.69) is 25.6 Å². The third-order valence-electron chi connectivity index (χ3n) is 7.95. The molecule has 11 nitrogen and oxygen atoms in total. The molecule has 4 N–H and O–H groups in total. The molecule has 234 valence electrons. The van der Waals surface area contributed by atoms with E-state index in [1.807, 2.05) is 13.0 Å². The minimum absolute atomic E-state index is 0.0455. The predicted octanol–water partition coefficient (Wildman–Crippen LogP) is 3.67. The van der Waals surface area contributed by atoms with E-state index in [1.54, 1.807) is 13.3 Å². The maximum Gasteiger partial charge on any atom is 0.224 e. The molecule has 2 aliphatic carbocycles. The number of sulfone groups is 1. The molecule has 4 atom stereocenters. The number of halogens is 2. The number of rotatable bonds is 11. The fourth-order valence-corrected chi connectivity index (χ4v) is 8.35. The van der Waals surface area contributed by atoms with Gasteiger partial charge >= 0.3 is 0 Å². The first-order valence-corrected chi connectivity index (χ1v) is 16.7. The van der Waals surface area contributed by atoms with E-state index in [-0.39, 0.29) is 6.42 Å². The first-order valence-electron chi connectivity index (χ1n) is 14.2. The van der Waals surface area contributed by atoms with Crippen molar-refractivity contribution in [3.05, 3.63) is 53.5 Å². The van der Waals surface area contributed by atoms with Gasteiger partial charge in [-0.25, -0.2) is 27.2 Å². The number of aromatic nitrogens is 4. The molecular formula is C29H32F2N6O5S2. The molecule has 0 bridgehead atoms. The molecule has 2 aliphatic rings. The molecule has 1 aromatic carbocycles. The van der Waals surface area contributed by atoms with Crippen LogP contribution in [0.1, 0.15) is 36.6 Å². The van der Waals surface area contributed by atoms with Crippen LogP contribution in [-0.4, -0.2) is 82.8 Å². The highest BCUT2D eigenvalue weighted by Gasteiger charge is 2.44. The maximum absolute atomic E-state index is 13.8. The smallest absolute Gasteiger partial charge is 0.224 e. The van der Waals surface area contributed by atoms with E-state index in [1.165, 1.54) is 11.3 Å². The van der Waals surface area contributed by atoms with Gasteiger partial charge in [-0.05, 0) is 44.4 Å². The molecule has 15 heteroatoms. The van der Waals surface area contributed by atoms with E-state index in [4.69, 9.17) is 9.72 Å². The fourth-order valence-electron chi connectivity index (χ4n) is 5.61. The number of aliphatic hydroxyl groups excluding tert-OH is 2. The van der Waals surface area contributed by atoms with Gasteiger partial charge < -0.3 is 25.6 Å². The fraction of sp³-hybridized carbons (Fsp3) is 0.448. The van der Waals surface area contributed by atoms with Crippen LogP contribution in [0.15, 0.2) is 35.4 Å². The van der Waals surface area contributed by atoms with Crippen molar-refractivity contribution in [1.82, 2.24) is 19.9 Å². The van der Waals surface area contributed by atoms with Crippen molar-refractivity contribution in [2.45, 2.75) is 55.2 Å². The van der Waals surface area contributed by atoms with Crippen LogP contribution in [0.3, 0.4) is 0 Å². The number of aliphatic hydroxyl groups is 2. The standard InChI is InChI=1S/C29H32F2N6O5S2/c1-14-22(28-36-24-21(43-28)5-6-32-23(24)15-3-4-15)27(37-29(34-14)33-7-8-42-2)35-20-9-16(25(38)26(20)39)13-44(40,41)19-11-17(30)10-18(31)12-19/h5-6,10-12,15-16,20,25-26,38-39H,3-4,7-9,13H2,1-2H3,(H2,33,34,35,37)/t16-,20-,25-,26+/m1/s1. The van der Waals surface area contributed by atoms with E-state index in [9.17, 15) is 27.4 Å². The SMILES string of the molecule is COCCNc1nc(C)c(-c2nc3c(C4CC4)nccc3s2)c(N[C@@H]2C[C@H](CS(=O)(=O)c3cc(F)cc(F)c3)[C@@H](O)[C@H]2O)n1. The number of thiazole rings is 1. The molecule has 0 amide bonds. The number of fused-ring (bicyclic) bond motifs is 1.